The van der Waals surface area contributed by atoms with Gasteiger partial charge in [-0.25, -0.2) is 4.79 Å². The molecule has 0 saturated carbocycles. The Bertz CT molecular complexity index is 404. The average Bonchev–Trinajstić information content (AvgIpc) is 2.34. The van der Waals surface area contributed by atoms with Gasteiger partial charge in [0, 0.05) is 18.0 Å². The lowest BCUT2D eigenvalue weighted by Crippen LogP contribution is -2.43. The summed E-state index contributed by atoms with van der Waals surface area (Å²) in [5.41, 5.74) is 0.802. The molecule has 1 heterocycles. The molecule has 0 fully saturated rings. The summed E-state index contributed by atoms with van der Waals surface area (Å²) in [4.78, 5) is 26.8. The number of ether oxygens (including phenoxy) is 1. The molecule has 0 bridgehead atoms. The predicted molar refractivity (Wildman–Crippen MR) is 66.9 cm³/mol. The topological polar surface area (TPSA) is 68.3 Å². The van der Waals surface area contributed by atoms with E-state index >= 15 is 0 Å². The summed E-state index contributed by atoms with van der Waals surface area (Å²) in [5, 5.41) is 2.56. The maximum atomic E-state index is 11.5. The highest BCUT2D eigenvalue weighted by Crippen LogP contribution is 2.04. The molecule has 1 amide bonds. The number of hydrogen-bond donors (Lipinski definition) is 1. The Balaban J connectivity index is 2.44. The summed E-state index contributed by atoms with van der Waals surface area (Å²) in [7, 11) is 0. The van der Waals surface area contributed by atoms with Crippen LogP contribution in [0.4, 0.5) is 4.79 Å². The summed E-state index contributed by atoms with van der Waals surface area (Å²) in [6.07, 6.45) is 2.68. The van der Waals surface area contributed by atoms with Crippen molar-refractivity contribution < 1.29 is 14.3 Å². The van der Waals surface area contributed by atoms with Crippen molar-refractivity contribution in [3.63, 3.8) is 0 Å². The van der Waals surface area contributed by atoms with Crippen LogP contribution >= 0.6 is 0 Å². The minimum absolute atomic E-state index is 0.0356. The fraction of sp³-hybridized carbons (Fsp3) is 0.462. The second-order valence-electron chi connectivity index (χ2n) is 4.41. The third-order valence-electron chi connectivity index (χ3n) is 2.47. The number of pyridine rings is 1. The predicted octanol–water partition coefficient (Wildman–Crippen LogP) is 1.92. The fourth-order valence-corrected chi connectivity index (χ4v) is 1.54. The molecule has 98 valence electrons. The molecule has 5 nitrogen and oxygen atoms in total. The van der Waals surface area contributed by atoms with Gasteiger partial charge in [-0.15, -0.1) is 0 Å². The normalized spacial score (nSPS) is 12.0. The minimum atomic E-state index is -0.590. The van der Waals surface area contributed by atoms with E-state index in [9.17, 15) is 9.59 Å². The first-order valence-corrected chi connectivity index (χ1v) is 5.83. The Kier molecular flexibility index (Phi) is 5.30. The van der Waals surface area contributed by atoms with Gasteiger partial charge in [-0.2, -0.15) is 0 Å². The maximum absolute atomic E-state index is 11.5. The number of Topliss-reactive ketones (excluding diaryl/α,β-unsaturated/α-hetero) is 1. The van der Waals surface area contributed by atoms with Crippen molar-refractivity contribution in [1.29, 1.82) is 0 Å². The van der Waals surface area contributed by atoms with Gasteiger partial charge >= 0.3 is 6.09 Å². The van der Waals surface area contributed by atoms with E-state index in [-0.39, 0.29) is 18.3 Å². The summed E-state index contributed by atoms with van der Waals surface area (Å²) in [5.74, 6) is -0.0447. The first-order valence-electron chi connectivity index (χ1n) is 5.83. The summed E-state index contributed by atoms with van der Waals surface area (Å²) in [6, 6.07) is 3.07. The smallest absolute Gasteiger partial charge is 0.408 e. The van der Waals surface area contributed by atoms with E-state index in [0.717, 1.165) is 5.56 Å². The SMILES string of the molecule is CC(=O)C(NC(=O)OCc1cccnc1)C(C)C. The average molecular weight is 250 g/mol. The first-order chi connectivity index (χ1) is 8.50. The maximum Gasteiger partial charge on any atom is 0.408 e. The van der Waals surface area contributed by atoms with Gasteiger partial charge in [0.2, 0.25) is 0 Å². The van der Waals surface area contributed by atoms with Crippen molar-refractivity contribution >= 4 is 11.9 Å². The van der Waals surface area contributed by atoms with Crippen LogP contribution in [0.1, 0.15) is 26.3 Å². The van der Waals surface area contributed by atoms with E-state index in [0.29, 0.717) is 0 Å². The lowest BCUT2D eigenvalue weighted by Gasteiger charge is -2.19. The lowest BCUT2D eigenvalue weighted by molar-refractivity contribution is -0.119. The number of hydrogen-bond acceptors (Lipinski definition) is 4. The Labute approximate surface area is 107 Å². The molecule has 0 aliphatic rings. The van der Waals surface area contributed by atoms with Gasteiger partial charge in [0.1, 0.15) is 6.61 Å². The number of nitrogens with one attached hydrogen (secondary N) is 1. The van der Waals surface area contributed by atoms with Crippen molar-refractivity contribution in [1.82, 2.24) is 10.3 Å². The number of nitrogens with zero attached hydrogens (tertiary/aromatic N) is 1. The molecule has 5 heteroatoms. The Morgan fingerprint density at radius 3 is 2.67 bits per heavy atom. The Morgan fingerprint density at radius 2 is 2.17 bits per heavy atom. The largest absolute Gasteiger partial charge is 0.445 e. The van der Waals surface area contributed by atoms with Crippen LogP contribution in [-0.4, -0.2) is 22.9 Å². The van der Waals surface area contributed by atoms with Gasteiger partial charge in [0.25, 0.3) is 0 Å². The summed E-state index contributed by atoms with van der Waals surface area (Å²) < 4.78 is 5.02. The second-order valence-corrected chi connectivity index (χ2v) is 4.41. The molecule has 18 heavy (non-hydrogen) atoms. The van der Waals surface area contributed by atoms with Crippen molar-refractivity contribution in [3.8, 4) is 0 Å². The van der Waals surface area contributed by atoms with E-state index in [4.69, 9.17) is 4.74 Å². The molecular weight excluding hydrogens is 232 g/mol. The highest BCUT2D eigenvalue weighted by molar-refractivity contribution is 5.85. The molecule has 1 aromatic heterocycles. The van der Waals surface area contributed by atoms with Crippen LogP contribution < -0.4 is 5.32 Å². The molecule has 0 spiro atoms. The highest BCUT2D eigenvalue weighted by atomic mass is 16.5. The van der Waals surface area contributed by atoms with Gasteiger partial charge in [0.05, 0.1) is 6.04 Å². The molecular formula is C13H18N2O3. The van der Waals surface area contributed by atoms with Gasteiger partial charge in [-0.3, -0.25) is 9.78 Å². The van der Waals surface area contributed by atoms with Crippen molar-refractivity contribution in [2.24, 2.45) is 5.92 Å². The molecule has 1 rings (SSSR count). The number of carbonyl (C=O) groups is 2. The zero-order chi connectivity index (χ0) is 13.5. The number of aromatic nitrogens is 1. The number of amides is 1. The molecule has 1 unspecified atom stereocenters. The summed E-state index contributed by atoms with van der Waals surface area (Å²) >= 11 is 0. The van der Waals surface area contributed by atoms with Crippen LogP contribution in [0.25, 0.3) is 0 Å². The van der Waals surface area contributed by atoms with E-state index in [1.807, 2.05) is 19.9 Å². The van der Waals surface area contributed by atoms with Gasteiger partial charge in [0.15, 0.2) is 5.78 Å². The van der Waals surface area contributed by atoms with Gasteiger partial charge in [-0.05, 0) is 18.9 Å². The van der Waals surface area contributed by atoms with Crippen LogP contribution in [0.15, 0.2) is 24.5 Å². The minimum Gasteiger partial charge on any atom is -0.445 e. The highest BCUT2D eigenvalue weighted by Gasteiger charge is 2.21. The number of alkyl carbamates (subject to hydrolysis) is 1. The first kappa shape index (κ1) is 14.2. The monoisotopic (exact) mass is 250 g/mol. The van der Waals surface area contributed by atoms with Gasteiger partial charge < -0.3 is 10.1 Å². The molecule has 0 radical (unpaired) electrons. The number of carbonyl (C=O) groups excluding carboxylic acids is 2. The van der Waals surface area contributed by atoms with E-state index in [2.05, 4.69) is 10.3 Å². The second kappa shape index (κ2) is 6.74. The van der Waals surface area contributed by atoms with E-state index in [1.165, 1.54) is 6.92 Å². The van der Waals surface area contributed by atoms with Crippen LogP contribution in [0.3, 0.4) is 0 Å². The molecule has 0 aliphatic heterocycles. The lowest BCUT2D eigenvalue weighted by atomic mass is 10.0. The molecule has 1 atom stereocenters. The number of rotatable bonds is 5. The van der Waals surface area contributed by atoms with E-state index in [1.54, 1.807) is 18.5 Å². The molecule has 1 N–H and O–H groups in total. The Morgan fingerprint density at radius 1 is 1.44 bits per heavy atom. The standard InChI is InChI=1S/C13H18N2O3/c1-9(2)12(10(3)16)15-13(17)18-8-11-5-4-6-14-7-11/h4-7,9,12H,8H2,1-3H3,(H,15,17). The van der Waals surface area contributed by atoms with Crippen molar-refractivity contribution in [3.05, 3.63) is 30.1 Å². The third kappa shape index (κ3) is 4.53. The van der Waals surface area contributed by atoms with Crippen LogP contribution in [0.2, 0.25) is 0 Å². The number of ketones is 1. The fourth-order valence-electron chi connectivity index (χ4n) is 1.54. The van der Waals surface area contributed by atoms with E-state index < -0.39 is 12.1 Å². The zero-order valence-corrected chi connectivity index (χ0v) is 10.8. The molecule has 0 aliphatic carbocycles. The van der Waals surface area contributed by atoms with Gasteiger partial charge in [-0.1, -0.05) is 19.9 Å². The van der Waals surface area contributed by atoms with Crippen molar-refractivity contribution in [2.75, 3.05) is 0 Å². The third-order valence-corrected chi connectivity index (χ3v) is 2.47. The quantitative estimate of drug-likeness (QED) is 0.866. The molecule has 1 aromatic rings. The summed E-state index contributed by atoms with van der Waals surface area (Å²) in [6.45, 7) is 5.33. The Hall–Kier alpha value is -1.91. The molecule has 0 aromatic carbocycles. The van der Waals surface area contributed by atoms with Crippen LogP contribution in [0, 0.1) is 5.92 Å². The zero-order valence-electron chi connectivity index (χ0n) is 10.8. The van der Waals surface area contributed by atoms with Crippen LogP contribution in [-0.2, 0) is 16.1 Å². The van der Waals surface area contributed by atoms with Crippen molar-refractivity contribution in [2.45, 2.75) is 33.4 Å². The van der Waals surface area contributed by atoms with Crippen LogP contribution in [0.5, 0.6) is 0 Å². The molecule has 0 saturated heterocycles.